The first-order chi connectivity index (χ1) is 15.2. The van der Waals surface area contributed by atoms with E-state index in [1.54, 1.807) is 6.20 Å². The molecule has 5 rings (SSSR count). The second-order valence-electron chi connectivity index (χ2n) is 9.13. The Hall–Kier alpha value is -2.73. The Morgan fingerprint density at radius 3 is 2.87 bits per heavy atom. The van der Waals surface area contributed by atoms with Gasteiger partial charge in [-0.15, -0.1) is 0 Å². The minimum atomic E-state index is 0.0299. The quantitative estimate of drug-likeness (QED) is 0.683. The van der Waals surface area contributed by atoms with Gasteiger partial charge in [0.25, 0.3) is 5.91 Å². The van der Waals surface area contributed by atoms with E-state index in [0.29, 0.717) is 0 Å². The Balaban J connectivity index is 1.10. The van der Waals surface area contributed by atoms with Crippen LogP contribution in [0.15, 0.2) is 42.6 Å². The van der Waals surface area contributed by atoms with Gasteiger partial charge in [0, 0.05) is 36.3 Å². The first kappa shape index (κ1) is 20.2. The molecule has 3 aromatic rings. The first-order valence-electron chi connectivity index (χ1n) is 11.6. The topological polar surface area (TPSA) is 63.1 Å². The van der Waals surface area contributed by atoms with Gasteiger partial charge in [0.15, 0.2) is 0 Å². The number of hydrogen-bond donors (Lipinski definition) is 1. The van der Waals surface area contributed by atoms with Gasteiger partial charge in [0.1, 0.15) is 0 Å². The average molecular weight is 418 g/mol. The molecule has 0 spiro atoms. The SMILES string of the molecule is Cc1cc2n(n1)CCN(CC[C@H]1CC[C@H](NC(=O)c3cccc4ncccc34)CC1)C2. The average Bonchev–Trinajstić information content (AvgIpc) is 3.17. The third kappa shape index (κ3) is 4.49. The van der Waals surface area contributed by atoms with Gasteiger partial charge in [-0.2, -0.15) is 5.10 Å². The van der Waals surface area contributed by atoms with Gasteiger partial charge in [-0.25, -0.2) is 0 Å². The van der Waals surface area contributed by atoms with Crippen molar-refractivity contribution in [3.63, 3.8) is 0 Å². The lowest BCUT2D eigenvalue weighted by molar-refractivity contribution is 0.0921. The Labute approximate surface area is 183 Å². The van der Waals surface area contributed by atoms with Crippen LogP contribution in [0, 0.1) is 12.8 Å². The molecule has 0 atom stereocenters. The second-order valence-corrected chi connectivity index (χ2v) is 9.13. The fraction of sp³-hybridized carbons (Fsp3) is 0.480. The van der Waals surface area contributed by atoms with E-state index in [9.17, 15) is 4.79 Å². The number of aryl methyl sites for hydroxylation is 1. The van der Waals surface area contributed by atoms with Crippen molar-refractivity contribution < 1.29 is 4.79 Å². The van der Waals surface area contributed by atoms with E-state index < -0.39 is 0 Å². The van der Waals surface area contributed by atoms with Crippen molar-refractivity contribution in [2.24, 2.45) is 5.92 Å². The summed E-state index contributed by atoms with van der Waals surface area (Å²) < 4.78 is 2.16. The summed E-state index contributed by atoms with van der Waals surface area (Å²) >= 11 is 0. The molecule has 162 valence electrons. The van der Waals surface area contributed by atoms with Crippen LogP contribution in [0.3, 0.4) is 0 Å². The number of rotatable bonds is 5. The normalized spacial score (nSPS) is 21.7. The maximum Gasteiger partial charge on any atom is 0.252 e. The zero-order valence-electron chi connectivity index (χ0n) is 18.3. The number of nitrogens with zero attached hydrogens (tertiary/aromatic N) is 4. The third-order valence-electron chi connectivity index (χ3n) is 6.92. The highest BCUT2D eigenvalue weighted by molar-refractivity contribution is 6.06. The van der Waals surface area contributed by atoms with Gasteiger partial charge in [-0.3, -0.25) is 19.4 Å². The molecule has 2 aromatic heterocycles. The molecule has 1 aromatic carbocycles. The van der Waals surface area contributed by atoms with Crippen LogP contribution in [0.1, 0.15) is 53.8 Å². The van der Waals surface area contributed by atoms with Gasteiger partial charge in [0.2, 0.25) is 0 Å². The summed E-state index contributed by atoms with van der Waals surface area (Å²) in [6.45, 7) is 6.36. The number of carbonyl (C=O) groups excluding carboxylic acids is 1. The van der Waals surface area contributed by atoms with Crippen LogP contribution in [0.5, 0.6) is 0 Å². The first-order valence-corrected chi connectivity index (χ1v) is 11.6. The summed E-state index contributed by atoms with van der Waals surface area (Å²) in [5.74, 6) is 0.797. The highest BCUT2D eigenvalue weighted by atomic mass is 16.1. The van der Waals surface area contributed by atoms with Crippen molar-refractivity contribution in [2.75, 3.05) is 13.1 Å². The van der Waals surface area contributed by atoms with Gasteiger partial charge in [0.05, 0.1) is 23.4 Å². The molecule has 1 amide bonds. The van der Waals surface area contributed by atoms with Crippen molar-refractivity contribution >= 4 is 16.8 Å². The van der Waals surface area contributed by atoms with E-state index in [2.05, 4.69) is 38.0 Å². The van der Waals surface area contributed by atoms with E-state index >= 15 is 0 Å². The van der Waals surface area contributed by atoms with Crippen LogP contribution in [0.4, 0.5) is 0 Å². The molecule has 0 radical (unpaired) electrons. The number of benzene rings is 1. The summed E-state index contributed by atoms with van der Waals surface area (Å²) in [5, 5.41) is 8.76. The van der Waals surface area contributed by atoms with Crippen molar-refractivity contribution in [3.8, 4) is 0 Å². The summed E-state index contributed by atoms with van der Waals surface area (Å²) in [7, 11) is 0. The van der Waals surface area contributed by atoms with Crippen LogP contribution in [-0.2, 0) is 13.1 Å². The zero-order valence-corrected chi connectivity index (χ0v) is 18.3. The van der Waals surface area contributed by atoms with E-state index in [1.165, 1.54) is 25.0 Å². The molecule has 31 heavy (non-hydrogen) atoms. The van der Waals surface area contributed by atoms with Crippen LogP contribution < -0.4 is 5.32 Å². The van der Waals surface area contributed by atoms with E-state index in [4.69, 9.17) is 0 Å². The maximum atomic E-state index is 12.9. The number of fused-ring (bicyclic) bond motifs is 2. The fourth-order valence-corrected chi connectivity index (χ4v) is 5.18. The monoisotopic (exact) mass is 417 g/mol. The van der Waals surface area contributed by atoms with Crippen molar-refractivity contribution in [1.29, 1.82) is 0 Å². The molecule has 0 saturated heterocycles. The predicted molar refractivity (Wildman–Crippen MR) is 122 cm³/mol. The molecule has 2 aliphatic rings. The van der Waals surface area contributed by atoms with Crippen LogP contribution in [0.25, 0.3) is 10.9 Å². The molecule has 0 bridgehead atoms. The minimum absolute atomic E-state index is 0.0299. The van der Waals surface area contributed by atoms with Crippen LogP contribution in [-0.4, -0.2) is 44.7 Å². The number of aromatic nitrogens is 3. The number of carbonyl (C=O) groups is 1. The number of pyridine rings is 1. The smallest absolute Gasteiger partial charge is 0.252 e. The summed E-state index contributed by atoms with van der Waals surface area (Å²) in [4.78, 5) is 19.8. The highest BCUT2D eigenvalue weighted by Gasteiger charge is 2.25. The largest absolute Gasteiger partial charge is 0.349 e. The lowest BCUT2D eigenvalue weighted by Gasteiger charge is -2.32. The second kappa shape index (κ2) is 8.79. The minimum Gasteiger partial charge on any atom is -0.349 e. The Bertz CT molecular complexity index is 1060. The Kier molecular flexibility index (Phi) is 5.72. The van der Waals surface area contributed by atoms with Crippen LogP contribution >= 0.6 is 0 Å². The van der Waals surface area contributed by atoms with Gasteiger partial charge < -0.3 is 5.32 Å². The molecular formula is C25H31N5O. The van der Waals surface area contributed by atoms with Crippen LogP contribution in [0.2, 0.25) is 0 Å². The highest BCUT2D eigenvalue weighted by Crippen LogP contribution is 2.28. The molecule has 0 unspecified atom stereocenters. The number of nitrogens with one attached hydrogen (secondary N) is 1. The lowest BCUT2D eigenvalue weighted by atomic mass is 9.84. The molecule has 1 fully saturated rings. The van der Waals surface area contributed by atoms with E-state index in [-0.39, 0.29) is 11.9 Å². The van der Waals surface area contributed by atoms with Crippen molar-refractivity contribution in [3.05, 3.63) is 59.5 Å². The zero-order chi connectivity index (χ0) is 21.2. The summed E-state index contributed by atoms with van der Waals surface area (Å²) in [6, 6.07) is 12.1. The van der Waals surface area contributed by atoms with Crippen molar-refractivity contribution in [1.82, 2.24) is 25.0 Å². The van der Waals surface area contributed by atoms with E-state index in [0.717, 1.165) is 67.1 Å². The fourth-order valence-electron chi connectivity index (χ4n) is 5.18. The van der Waals surface area contributed by atoms with Gasteiger partial charge in [-0.1, -0.05) is 12.1 Å². The Morgan fingerprint density at radius 2 is 2.00 bits per heavy atom. The molecule has 6 heteroatoms. The Morgan fingerprint density at radius 1 is 1.13 bits per heavy atom. The number of hydrogen-bond acceptors (Lipinski definition) is 4. The predicted octanol–water partition coefficient (Wildman–Crippen LogP) is 3.93. The van der Waals surface area contributed by atoms with Gasteiger partial charge >= 0.3 is 0 Å². The molecule has 3 heterocycles. The lowest BCUT2D eigenvalue weighted by Crippen LogP contribution is -2.39. The summed E-state index contributed by atoms with van der Waals surface area (Å²) in [5.41, 5.74) is 4.07. The standard InChI is InChI=1S/C25H31N5O/c1-18-16-21-17-29(14-15-30(21)28-18)13-11-19-7-9-20(10-8-19)27-25(31)23-4-2-6-24-22(23)5-3-12-26-24/h2-6,12,16,19-20H,7-11,13-15,17H2,1H3,(H,27,31)/t19-,20-. The van der Waals surface area contributed by atoms with Gasteiger partial charge in [-0.05, 0) is 75.8 Å². The maximum absolute atomic E-state index is 12.9. The molecule has 1 N–H and O–H groups in total. The van der Waals surface area contributed by atoms with E-state index in [1.807, 2.05) is 30.3 Å². The molecule has 6 nitrogen and oxygen atoms in total. The van der Waals surface area contributed by atoms with Crippen molar-refractivity contribution in [2.45, 2.75) is 58.2 Å². The molecular weight excluding hydrogens is 386 g/mol. The third-order valence-corrected chi connectivity index (χ3v) is 6.92. The summed E-state index contributed by atoms with van der Waals surface area (Å²) in [6.07, 6.45) is 7.57. The number of amides is 1. The molecule has 1 aliphatic heterocycles. The molecule has 1 saturated carbocycles. The molecule has 1 aliphatic carbocycles.